The smallest absolute Gasteiger partial charge is 0.00368 e. The van der Waals surface area contributed by atoms with Gasteiger partial charge < -0.3 is 10.6 Å². The molecule has 0 saturated heterocycles. The fourth-order valence-corrected chi connectivity index (χ4v) is 2.58. The van der Waals surface area contributed by atoms with E-state index >= 15 is 0 Å². The van der Waals surface area contributed by atoms with Crippen LogP contribution in [0.3, 0.4) is 0 Å². The zero-order valence-corrected chi connectivity index (χ0v) is 11.1. The quantitative estimate of drug-likeness (QED) is 0.560. The Morgan fingerprint density at radius 1 is 0.875 bits per heavy atom. The molecule has 0 radical (unpaired) electrons. The first-order valence-corrected chi connectivity index (χ1v) is 7.35. The fourth-order valence-electron chi connectivity index (χ4n) is 2.58. The second-order valence-electron chi connectivity index (χ2n) is 5.15. The van der Waals surface area contributed by atoms with Gasteiger partial charge in [-0.2, -0.15) is 0 Å². The number of nitrogens with one attached hydrogen (secondary N) is 2. The highest BCUT2D eigenvalue weighted by Crippen LogP contribution is 2.28. The second-order valence-corrected chi connectivity index (χ2v) is 5.15. The maximum Gasteiger partial charge on any atom is -0.00368 e. The summed E-state index contributed by atoms with van der Waals surface area (Å²) in [5.74, 6) is 1.06. The van der Waals surface area contributed by atoms with Crippen molar-refractivity contribution in [2.24, 2.45) is 5.92 Å². The highest BCUT2D eigenvalue weighted by molar-refractivity contribution is 4.67. The van der Waals surface area contributed by atoms with E-state index in [2.05, 4.69) is 17.6 Å². The molecule has 0 aromatic rings. The van der Waals surface area contributed by atoms with Crippen LogP contribution in [-0.4, -0.2) is 26.2 Å². The molecule has 0 bridgehead atoms. The highest BCUT2D eigenvalue weighted by Gasteiger charge is 2.13. The molecular formula is C14H30N2. The summed E-state index contributed by atoms with van der Waals surface area (Å²) in [7, 11) is 0. The van der Waals surface area contributed by atoms with E-state index in [1.807, 2.05) is 0 Å². The van der Waals surface area contributed by atoms with E-state index < -0.39 is 0 Å². The molecule has 0 amide bonds. The molecule has 0 heterocycles. The Labute approximate surface area is 102 Å². The topological polar surface area (TPSA) is 24.1 Å². The van der Waals surface area contributed by atoms with Crippen molar-refractivity contribution >= 4 is 0 Å². The third-order valence-corrected chi connectivity index (χ3v) is 3.57. The SMILES string of the molecule is CCCNCCCNCCCC1CCCC1. The van der Waals surface area contributed by atoms with Crippen LogP contribution in [0, 0.1) is 5.92 Å². The van der Waals surface area contributed by atoms with Gasteiger partial charge in [-0.1, -0.05) is 32.6 Å². The van der Waals surface area contributed by atoms with E-state index in [0.29, 0.717) is 0 Å². The van der Waals surface area contributed by atoms with Crippen LogP contribution in [0.4, 0.5) is 0 Å². The molecule has 1 aliphatic rings. The zero-order valence-electron chi connectivity index (χ0n) is 11.1. The average Bonchev–Trinajstić information content (AvgIpc) is 2.80. The lowest BCUT2D eigenvalue weighted by atomic mass is 10.0. The molecule has 2 nitrogen and oxygen atoms in total. The van der Waals surface area contributed by atoms with E-state index in [0.717, 1.165) is 5.92 Å². The van der Waals surface area contributed by atoms with Gasteiger partial charge in [0.25, 0.3) is 0 Å². The van der Waals surface area contributed by atoms with Gasteiger partial charge in [0.05, 0.1) is 0 Å². The minimum absolute atomic E-state index is 1.06. The van der Waals surface area contributed by atoms with Gasteiger partial charge in [-0.25, -0.2) is 0 Å². The summed E-state index contributed by atoms with van der Waals surface area (Å²) in [6.07, 6.45) is 11.3. The molecule has 0 unspecified atom stereocenters. The molecule has 1 aliphatic carbocycles. The molecule has 2 heteroatoms. The number of rotatable bonds is 10. The lowest BCUT2D eigenvalue weighted by molar-refractivity contribution is 0.468. The van der Waals surface area contributed by atoms with E-state index in [9.17, 15) is 0 Å². The van der Waals surface area contributed by atoms with Crippen molar-refractivity contribution in [2.45, 2.75) is 58.3 Å². The Morgan fingerprint density at radius 2 is 1.50 bits per heavy atom. The van der Waals surface area contributed by atoms with Crippen LogP contribution in [0.5, 0.6) is 0 Å². The first-order chi connectivity index (χ1) is 7.93. The van der Waals surface area contributed by atoms with E-state index in [4.69, 9.17) is 0 Å². The predicted octanol–water partition coefficient (Wildman–Crippen LogP) is 2.94. The monoisotopic (exact) mass is 226 g/mol. The third kappa shape index (κ3) is 7.24. The maximum absolute atomic E-state index is 3.55. The van der Waals surface area contributed by atoms with Crippen molar-refractivity contribution in [3.8, 4) is 0 Å². The zero-order chi connectivity index (χ0) is 11.5. The summed E-state index contributed by atoms with van der Waals surface area (Å²) in [6.45, 7) is 6.96. The second kappa shape index (κ2) is 10.1. The first-order valence-electron chi connectivity index (χ1n) is 7.35. The minimum atomic E-state index is 1.06. The standard InChI is InChI=1S/C14H30N2/c1-2-10-15-12-6-13-16-11-5-9-14-7-3-4-8-14/h14-16H,2-13H2,1H3. The van der Waals surface area contributed by atoms with E-state index in [1.165, 1.54) is 77.5 Å². The largest absolute Gasteiger partial charge is 0.317 e. The van der Waals surface area contributed by atoms with Gasteiger partial charge in [0.2, 0.25) is 0 Å². The van der Waals surface area contributed by atoms with Gasteiger partial charge in [0, 0.05) is 0 Å². The number of hydrogen-bond donors (Lipinski definition) is 2. The van der Waals surface area contributed by atoms with Gasteiger partial charge in [-0.15, -0.1) is 0 Å². The summed E-state index contributed by atoms with van der Waals surface area (Å²) >= 11 is 0. The van der Waals surface area contributed by atoms with Crippen molar-refractivity contribution in [1.29, 1.82) is 0 Å². The first kappa shape index (κ1) is 14.0. The van der Waals surface area contributed by atoms with Gasteiger partial charge in [-0.05, 0) is 57.8 Å². The van der Waals surface area contributed by atoms with Gasteiger partial charge >= 0.3 is 0 Å². The normalized spacial score (nSPS) is 17.1. The van der Waals surface area contributed by atoms with Crippen LogP contribution in [0.2, 0.25) is 0 Å². The Bertz CT molecular complexity index is 142. The fraction of sp³-hybridized carbons (Fsp3) is 1.00. The van der Waals surface area contributed by atoms with Gasteiger partial charge in [0.1, 0.15) is 0 Å². The molecular weight excluding hydrogens is 196 g/mol. The summed E-state index contributed by atoms with van der Waals surface area (Å²) in [5.41, 5.74) is 0. The molecule has 2 N–H and O–H groups in total. The third-order valence-electron chi connectivity index (χ3n) is 3.57. The lowest BCUT2D eigenvalue weighted by Crippen LogP contribution is -2.23. The lowest BCUT2D eigenvalue weighted by Gasteiger charge is -2.09. The van der Waals surface area contributed by atoms with Gasteiger partial charge in [0.15, 0.2) is 0 Å². The molecule has 0 spiro atoms. The van der Waals surface area contributed by atoms with Crippen LogP contribution in [-0.2, 0) is 0 Å². The highest BCUT2D eigenvalue weighted by atomic mass is 14.9. The Hall–Kier alpha value is -0.0800. The molecule has 0 aliphatic heterocycles. The predicted molar refractivity (Wildman–Crippen MR) is 71.8 cm³/mol. The van der Waals surface area contributed by atoms with Crippen molar-refractivity contribution in [1.82, 2.24) is 10.6 Å². The average molecular weight is 226 g/mol. The Balaban J connectivity index is 1.71. The van der Waals surface area contributed by atoms with Crippen LogP contribution in [0.15, 0.2) is 0 Å². The summed E-state index contributed by atoms with van der Waals surface area (Å²) in [5, 5.41) is 6.98. The van der Waals surface area contributed by atoms with Crippen molar-refractivity contribution in [2.75, 3.05) is 26.2 Å². The number of hydrogen-bond acceptors (Lipinski definition) is 2. The van der Waals surface area contributed by atoms with Gasteiger partial charge in [-0.3, -0.25) is 0 Å². The summed E-state index contributed by atoms with van der Waals surface area (Å²) in [4.78, 5) is 0. The molecule has 16 heavy (non-hydrogen) atoms. The van der Waals surface area contributed by atoms with Crippen LogP contribution < -0.4 is 10.6 Å². The van der Waals surface area contributed by atoms with Crippen LogP contribution in [0.1, 0.15) is 58.3 Å². The summed E-state index contributed by atoms with van der Waals surface area (Å²) < 4.78 is 0. The molecule has 1 rings (SSSR count). The molecule has 0 atom stereocenters. The van der Waals surface area contributed by atoms with E-state index in [1.54, 1.807) is 0 Å². The molecule has 0 aromatic heterocycles. The molecule has 1 saturated carbocycles. The Kier molecular flexibility index (Phi) is 8.83. The van der Waals surface area contributed by atoms with Crippen molar-refractivity contribution < 1.29 is 0 Å². The van der Waals surface area contributed by atoms with Crippen LogP contribution in [0.25, 0.3) is 0 Å². The molecule has 1 fully saturated rings. The van der Waals surface area contributed by atoms with Crippen molar-refractivity contribution in [3.05, 3.63) is 0 Å². The summed E-state index contributed by atoms with van der Waals surface area (Å²) in [6, 6.07) is 0. The maximum atomic E-state index is 3.55. The molecule has 0 aromatic carbocycles. The van der Waals surface area contributed by atoms with Crippen molar-refractivity contribution in [3.63, 3.8) is 0 Å². The van der Waals surface area contributed by atoms with Crippen LogP contribution >= 0.6 is 0 Å². The van der Waals surface area contributed by atoms with E-state index in [-0.39, 0.29) is 0 Å². The minimum Gasteiger partial charge on any atom is -0.317 e. The molecule has 96 valence electrons. The Morgan fingerprint density at radius 3 is 2.19 bits per heavy atom.